The van der Waals surface area contributed by atoms with Crippen LogP contribution in [0.4, 0.5) is 0 Å². The van der Waals surface area contributed by atoms with Crippen LogP contribution in [0, 0.1) is 5.41 Å². The molecule has 1 aromatic heterocycles. The molecule has 30 heavy (non-hydrogen) atoms. The summed E-state index contributed by atoms with van der Waals surface area (Å²) in [6, 6.07) is 9.00. The van der Waals surface area contributed by atoms with Crippen LogP contribution in [0.5, 0.6) is 0 Å². The normalized spacial score (nSPS) is 16.1. The number of likely N-dealkylation sites (N-methyl/N-ethyl adjacent to an activating group) is 1. The number of carbonyl (C=O) groups excluding carboxylic acids is 2. The van der Waals surface area contributed by atoms with E-state index >= 15 is 0 Å². The van der Waals surface area contributed by atoms with E-state index in [9.17, 15) is 14.4 Å². The van der Waals surface area contributed by atoms with Crippen molar-refractivity contribution in [3.8, 4) is 0 Å². The summed E-state index contributed by atoms with van der Waals surface area (Å²) in [7, 11) is 1.73. The highest BCUT2D eigenvalue weighted by molar-refractivity contribution is 5.88. The number of carboxylic acid groups (broad SMARTS) is 1. The van der Waals surface area contributed by atoms with E-state index in [1.54, 1.807) is 37.0 Å². The number of nitrogens with zero attached hydrogens (tertiary/aromatic N) is 3. The molecule has 3 rings (SSSR count). The molecule has 0 radical (unpaired) electrons. The second-order valence-electron chi connectivity index (χ2n) is 8.66. The number of imidazole rings is 1. The molecule has 1 atom stereocenters. The van der Waals surface area contributed by atoms with E-state index in [0.29, 0.717) is 13.0 Å². The molecule has 8 heteroatoms. The lowest BCUT2D eigenvalue weighted by molar-refractivity contribution is -0.149. The van der Waals surface area contributed by atoms with Crippen LogP contribution < -0.4 is 0 Å². The fourth-order valence-electron chi connectivity index (χ4n) is 3.89. The van der Waals surface area contributed by atoms with E-state index in [4.69, 9.17) is 5.11 Å². The van der Waals surface area contributed by atoms with Crippen LogP contribution in [-0.4, -0.2) is 55.7 Å². The smallest absolute Gasteiger partial charge is 0.303 e. The number of hydrogen-bond acceptors (Lipinski definition) is 4. The molecular formula is C22H28N4O4. The highest BCUT2D eigenvalue weighted by Gasteiger charge is 2.39. The maximum absolute atomic E-state index is 13.3. The summed E-state index contributed by atoms with van der Waals surface area (Å²) >= 11 is 0. The third-order valence-electron chi connectivity index (χ3n) is 5.40. The van der Waals surface area contributed by atoms with Gasteiger partial charge >= 0.3 is 5.97 Å². The van der Waals surface area contributed by atoms with E-state index in [-0.39, 0.29) is 31.2 Å². The van der Waals surface area contributed by atoms with Gasteiger partial charge in [-0.2, -0.15) is 0 Å². The number of carboxylic acids is 1. The van der Waals surface area contributed by atoms with Gasteiger partial charge in [0.25, 0.3) is 0 Å². The predicted molar refractivity (Wildman–Crippen MR) is 110 cm³/mol. The van der Waals surface area contributed by atoms with Crippen LogP contribution in [-0.2, 0) is 33.9 Å². The molecule has 8 nitrogen and oxygen atoms in total. The van der Waals surface area contributed by atoms with Crippen molar-refractivity contribution in [3.63, 3.8) is 0 Å². The highest BCUT2D eigenvalue weighted by Crippen LogP contribution is 2.29. The molecule has 0 fully saturated rings. The summed E-state index contributed by atoms with van der Waals surface area (Å²) in [4.78, 5) is 48.1. The van der Waals surface area contributed by atoms with Crippen LogP contribution in [0.15, 0.2) is 36.7 Å². The summed E-state index contributed by atoms with van der Waals surface area (Å²) in [5, 5.41) is 9.13. The molecular weight excluding hydrogens is 384 g/mol. The summed E-state index contributed by atoms with van der Waals surface area (Å²) in [5.74, 6) is -1.33. The molecule has 2 heterocycles. The molecule has 0 bridgehead atoms. The van der Waals surface area contributed by atoms with Crippen LogP contribution in [0.2, 0.25) is 0 Å². The fourth-order valence-corrected chi connectivity index (χ4v) is 3.89. The van der Waals surface area contributed by atoms with Crippen molar-refractivity contribution < 1.29 is 19.5 Å². The van der Waals surface area contributed by atoms with Gasteiger partial charge in [0.05, 0.1) is 30.7 Å². The molecule has 0 spiro atoms. The lowest BCUT2D eigenvalue weighted by atomic mass is 9.84. The molecule has 2 N–H and O–H groups in total. The number of hydrogen-bond donors (Lipinski definition) is 2. The fraction of sp³-hybridized carbons (Fsp3) is 0.455. The zero-order valence-corrected chi connectivity index (χ0v) is 17.6. The van der Waals surface area contributed by atoms with Crippen molar-refractivity contribution in [1.29, 1.82) is 0 Å². The standard InChI is InChI=1S/C22H28N4O4/c1-22(2,11-20(28)29)10-19(27)26-13-17-16(23-14-24-17)9-18(26)21(30)25(3)12-15-7-5-4-6-8-15/h4-8,14,18H,9-13H2,1-3H3,(H,23,24)(H,28,29)/t18-/m0/s1. The Balaban J connectivity index is 1.79. The van der Waals surface area contributed by atoms with E-state index in [0.717, 1.165) is 17.0 Å². The van der Waals surface area contributed by atoms with Gasteiger partial charge in [-0.3, -0.25) is 14.4 Å². The average molecular weight is 412 g/mol. The number of H-pyrrole nitrogens is 1. The van der Waals surface area contributed by atoms with E-state index in [1.807, 2.05) is 30.3 Å². The van der Waals surface area contributed by atoms with Gasteiger partial charge in [0.15, 0.2) is 0 Å². The number of nitrogens with one attached hydrogen (secondary N) is 1. The highest BCUT2D eigenvalue weighted by atomic mass is 16.4. The summed E-state index contributed by atoms with van der Waals surface area (Å²) < 4.78 is 0. The van der Waals surface area contributed by atoms with Gasteiger partial charge in [-0.1, -0.05) is 44.2 Å². The van der Waals surface area contributed by atoms with E-state index in [2.05, 4.69) is 9.97 Å². The van der Waals surface area contributed by atoms with Gasteiger partial charge in [-0.15, -0.1) is 0 Å². The third kappa shape index (κ3) is 5.06. The average Bonchev–Trinajstić information content (AvgIpc) is 3.13. The van der Waals surface area contributed by atoms with Gasteiger partial charge in [-0.25, -0.2) is 4.98 Å². The summed E-state index contributed by atoms with van der Waals surface area (Å²) in [6.07, 6.45) is 1.84. The Morgan fingerprint density at radius 3 is 2.60 bits per heavy atom. The minimum absolute atomic E-state index is 0.0505. The number of benzene rings is 1. The van der Waals surface area contributed by atoms with Gasteiger partial charge in [-0.05, 0) is 11.0 Å². The van der Waals surface area contributed by atoms with Crippen molar-refractivity contribution >= 4 is 17.8 Å². The quantitative estimate of drug-likeness (QED) is 0.725. The molecule has 1 aliphatic heterocycles. The minimum atomic E-state index is -0.947. The first kappa shape index (κ1) is 21.5. The minimum Gasteiger partial charge on any atom is -0.481 e. The maximum Gasteiger partial charge on any atom is 0.303 e. The molecule has 160 valence electrons. The van der Waals surface area contributed by atoms with Gasteiger partial charge in [0.2, 0.25) is 11.8 Å². The number of aromatic nitrogens is 2. The Kier molecular flexibility index (Phi) is 6.24. The first-order valence-corrected chi connectivity index (χ1v) is 9.97. The molecule has 0 saturated heterocycles. The maximum atomic E-state index is 13.3. The number of rotatable bonds is 7. The van der Waals surface area contributed by atoms with Gasteiger partial charge in [0, 0.05) is 26.4 Å². The Morgan fingerprint density at radius 1 is 1.23 bits per heavy atom. The molecule has 0 aliphatic carbocycles. The molecule has 2 aromatic rings. The second-order valence-corrected chi connectivity index (χ2v) is 8.66. The number of aromatic amines is 1. The lowest BCUT2D eigenvalue weighted by Crippen LogP contribution is -2.53. The summed E-state index contributed by atoms with van der Waals surface area (Å²) in [6.45, 7) is 4.20. The van der Waals surface area contributed by atoms with Crippen molar-refractivity contribution in [1.82, 2.24) is 19.8 Å². The number of carbonyl (C=O) groups is 3. The van der Waals surface area contributed by atoms with Crippen LogP contribution in [0.1, 0.15) is 43.6 Å². The van der Waals surface area contributed by atoms with Gasteiger partial charge in [0.1, 0.15) is 6.04 Å². The summed E-state index contributed by atoms with van der Waals surface area (Å²) in [5.41, 5.74) is 1.90. The van der Waals surface area contributed by atoms with Crippen molar-refractivity contribution in [2.45, 2.75) is 52.2 Å². The van der Waals surface area contributed by atoms with Crippen molar-refractivity contribution in [3.05, 3.63) is 53.6 Å². The van der Waals surface area contributed by atoms with E-state index < -0.39 is 17.4 Å². The monoisotopic (exact) mass is 412 g/mol. The largest absolute Gasteiger partial charge is 0.481 e. The Bertz CT molecular complexity index is 922. The molecule has 1 aromatic carbocycles. The van der Waals surface area contributed by atoms with Crippen LogP contribution >= 0.6 is 0 Å². The Hall–Kier alpha value is -3.16. The molecule has 2 amide bonds. The second kappa shape index (κ2) is 8.69. The third-order valence-corrected chi connectivity index (χ3v) is 5.40. The topological polar surface area (TPSA) is 107 Å². The van der Waals surface area contributed by atoms with Crippen LogP contribution in [0.3, 0.4) is 0 Å². The van der Waals surface area contributed by atoms with Crippen molar-refractivity contribution in [2.24, 2.45) is 5.41 Å². The van der Waals surface area contributed by atoms with E-state index in [1.165, 1.54) is 0 Å². The molecule has 0 saturated carbocycles. The van der Waals surface area contributed by atoms with Gasteiger partial charge < -0.3 is 19.9 Å². The zero-order chi connectivity index (χ0) is 21.9. The number of fused-ring (bicyclic) bond motifs is 1. The first-order valence-electron chi connectivity index (χ1n) is 9.97. The lowest BCUT2D eigenvalue weighted by Gasteiger charge is -2.37. The molecule has 0 unspecified atom stereocenters. The first-order chi connectivity index (χ1) is 14.2. The molecule has 1 aliphatic rings. The Labute approximate surface area is 175 Å². The number of amides is 2. The predicted octanol–water partition coefficient (Wildman–Crippen LogP) is 2.21. The zero-order valence-electron chi connectivity index (χ0n) is 17.6. The number of aliphatic carboxylic acids is 1. The van der Waals surface area contributed by atoms with Crippen molar-refractivity contribution in [2.75, 3.05) is 7.05 Å². The SMILES string of the molecule is CN(Cc1ccccc1)C(=O)[C@@H]1Cc2nc[nH]c2CN1C(=O)CC(C)(C)CC(=O)O. The Morgan fingerprint density at radius 2 is 1.93 bits per heavy atom. The van der Waals surface area contributed by atoms with Crippen LogP contribution in [0.25, 0.3) is 0 Å².